The van der Waals surface area contributed by atoms with E-state index in [0.29, 0.717) is 5.56 Å². The second-order valence-corrected chi connectivity index (χ2v) is 16.0. The van der Waals surface area contributed by atoms with E-state index in [0.717, 1.165) is 110 Å². The molecule has 57 heavy (non-hydrogen) atoms. The van der Waals surface area contributed by atoms with E-state index in [9.17, 15) is 14.6 Å². The van der Waals surface area contributed by atoms with Gasteiger partial charge in [-0.1, -0.05) is 79.6 Å². The Kier molecular flexibility index (Phi) is 15.5. The van der Waals surface area contributed by atoms with Gasteiger partial charge in [-0.3, -0.25) is 0 Å². The third-order valence-electron chi connectivity index (χ3n) is 11.5. The Morgan fingerprint density at radius 3 is 1.63 bits per heavy atom. The molecule has 2 aliphatic carbocycles. The van der Waals surface area contributed by atoms with Crippen molar-refractivity contribution in [3.05, 3.63) is 136 Å². The quantitative estimate of drug-likeness (QED) is 0.147. The number of benzene rings is 4. The first-order valence-electron chi connectivity index (χ1n) is 20.3. The summed E-state index contributed by atoms with van der Waals surface area (Å²) in [6, 6.07) is 30.1. The summed E-state index contributed by atoms with van der Waals surface area (Å²) < 4.78 is 30.5. The molecular formula is C49H63FN2O5. The van der Waals surface area contributed by atoms with Crippen molar-refractivity contribution in [2.45, 2.75) is 62.6 Å². The lowest BCUT2D eigenvalue weighted by Gasteiger charge is -2.39. The normalized spacial score (nSPS) is 24.1. The molecule has 2 fully saturated rings. The van der Waals surface area contributed by atoms with Gasteiger partial charge in [0.1, 0.15) is 34.3 Å². The maximum Gasteiger partial charge on any atom is 0.125 e. The van der Waals surface area contributed by atoms with E-state index >= 15 is 0 Å². The predicted molar refractivity (Wildman–Crippen MR) is 230 cm³/mol. The highest BCUT2D eigenvalue weighted by molar-refractivity contribution is 5.60. The second-order valence-electron chi connectivity index (χ2n) is 16.0. The van der Waals surface area contributed by atoms with Crippen molar-refractivity contribution < 1.29 is 28.8 Å². The predicted octanol–water partition coefficient (Wildman–Crippen LogP) is 9.58. The maximum absolute atomic E-state index is 14.1. The number of ether oxygens (including phenoxy) is 3. The molecule has 2 saturated carbocycles. The van der Waals surface area contributed by atoms with Gasteiger partial charge in [-0.05, 0) is 137 Å². The van der Waals surface area contributed by atoms with E-state index in [2.05, 4.69) is 42.1 Å². The molecule has 4 atom stereocenters. The highest BCUT2D eigenvalue weighted by Gasteiger charge is 2.45. The average molecular weight is 779 g/mol. The number of hydrogen-bond acceptors (Lipinski definition) is 7. The molecule has 4 unspecified atom stereocenters. The molecule has 0 spiro atoms. The van der Waals surface area contributed by atoms with E-state index in [1.54, 1.807) is 27.4 Å². The van der Waals surface area contributed by atoms with Crippen LogP contribution in [0.2, 0.25) is 0 Å². The number of aliphatic hydroxyl groups is 2. The molecule has 0 aliphatic heterocycles. The zero-order chi connectivity index (χ0) is 41.0. The molecule has 7 nitrogen and oxygen atoms in total. The summed E-state index contributed by atoms with van der Waals surface area (Å²) in [6.07, 6.45) is 11.9. The average Bonchev–Trinajstić information content (AvgIpc) is 3.46. The topological polar surface area (TPSA) is 74.6 Å². The van der Waals surface area contributed by atoms with Gasteiger partial charge in [0.05, 0.1) is 21.3 Å². The molecule has 0 amide bonds. The fourth-order valence-electron chi connectivity index (χ4n) is 8.79. The van der Waals surface area contributed by atoms with Crippen molar-refractivity contribution >= 4 is 12.2 Å². The second kappa shape index (κ2) is 20.3. The molecule has 0 aromatic heterocycles. The zero-order valence-corrected chi connectivity index (χ0v) is 35.0. The lowest BCUT2D eigenvalue weighted by molar-refractivity contribution is -0.00136. The molecule has 0 bridgehead atoms. The Labute approximate surface area is 340 Å². The van der Waals surface area contributed by atoms with E-state index < -0.39 is 11.2 Å². The number of nitrogens with zero attached hydrogens (tertiary/aromatic N) is 2. The minimum absolute atomic E-state index is 0.0105. The summed E-state index contributed by atoms with van der Waals surface area (Å²) in [4.78, 5) is 4.27. The van der Waals surface area contributed by atoms with Crippen molar-refractivity contribution in [3.63, 3.8) is 0 Å². The molecule has 2 N–H and O–H groups in total. The number of hydrogen-bond donors (Lipinski definition) is 2. The van der Waals surface area contributed by atoms with Crippen molar-refractivity contribution in [2.75, 3.05) is 62.6 Å². The molecule has 6 rings (SSSR count). The monoisotopic (exact) mass is 778 g/mol. The number of para-hydroxylation sites is 1. The van der Waals surface area contributed by atoms with Crippen LogP contribution in [-0.4, -0.2) is 82.6 Å². The van der Waals surface area contributed by atoms with Crippen LogP contribution < -0.4 is 14.2 Å². The fourth-order valence-corrected chi connectivity index (χ4v) is 8.79. The van der Waals surface area contributed by atoms with Crippen LogP contribution in [0.25, 0.3) is 12.2 Å². The summed E-state index contributed by atoms with van der Waals surface area (Å²) in [7, 11) is 13.2. The van der Waals surface area contributed by atoms with Gasteiger partial charge in [-0.2, -0.15) is 0 Å². The van der Waals surface area contributed by atoms with Crippen LogP contribution in [0.1, 0.15) is 73.6 Å². The van der Waals surface area contributed by atoms with Gasteiger partial charge in [-0.25, -0.2) is 4.39 Å². The molecule has 0 radical (unpaired) electrons. The lowest BCUT2D eigenvalue weighted by Crippen LogP contribution is -2.41. The van der Waals surface area contributed by atoms with E-state index in [1.807, 2.05) is 86.9 Å². The highest BCUT2D eigenvalue weighted by Crippen LogP contribution is 2.48. The highest BCUT2D eigenvalue weighted by atomic mass is 19.1. The Hall–Kier alpha value is -4.47. The van der Waals surface area contributed by atoms with Crippen LogP contribution in [-0.2, 0) is 11.2 Å². The Balaban J connectivity index is 0.000000218. The first-order valence-corrected chi connectivity index (χ1v) is 20.3. The van der Waals surface area contributed by atoms with Crippen LogP contribution in [0, 0.1) is 17.7 Å². The number of halogens is 1. The third kappa shape index (κ3) is 10.7. The first-order chi connectivity index (χ1) is 27.4. The number of methoxy groups -OCH3 is 3. The minimum atomic E-state index is -1.20. The molecule has 2 aliphatic rings. The van der Waals surface area contributed by atoms with Crippen LogP contribution in [0.15, 0.2) is 108 Å². The SMILES string of the molecule is COc1cccc(C=C2CCCCC(CN(C)C)C2(O)c2cccc(F)c2)c1.COc1cccc(C=C2CCCCC(CN(C)C)C2(O)c2ccccc2OC)c1. The van der Waals surface area contributed by atoms with Gasteiger partial charge < -0.3 is 34.2 Å². The van der Waals surface area contributed by atoms with Crippen LogP contribution >= 0.6 is 0 Å². The van der Waals surface area contributed by atoms with Gasteiger partial charge in [0.2, 0.25) is 0 Å². The largest absolute Gasteiger partial charge is 0.497 e. The fraction of sp³-hybridized carbons (Fsp3) is 0.429. The first kappa shape index (κ1) is 43.6. The zero-order valence-electron chi connectivity index (χ0n) is 35.0. The van der Waals surface area contributed by atoms with Crippen LogP contribution in [0.4, 0.5) is 4.39 Å². The molecule has 306 valence electrons. The standard InChI is InChI=1S/C25H33NO3.C24H30FNO2/c1-26(2)18-21-12-6-5-11-20(16-19-10-9-13-22(17-19)28-3)25(21,27)23-14-7-8-15-24(23)29-4;1-26(2)17-21-10-5-4-9-19(14-18-8-6-13-23(15-18)28-3)24(21,27)20-11-7-12-22(25)16-20/h7-10,13-17,21,27H,5-6,11-12,18H2,1-4H3;6-8,11-16,21,27H,4-5,9-10,17H2,1-3H3. The summed E-state index contributed by atoms with van der Waals surface area (Å²) >= 11 is 0. The van der Waals surface area contributed by atoms with E-state index in [1.165, 1.54) is 12.1 Å². The van der Waals surface area contributed by atoms with Gasteiger partial charge in [0.25, 0.3) is 0 Å². The van der Waals surface area contributed by atoms with Gasteiger partial charge >= 0.3 is 0 Å². The Bertz CT molecular complexity index is 1960. The van der Waals surface area contributed by atoms with Crippen molar-refractivity contribution in [2.24, 2.45) is 11.8 Å². The molecular weight excluding hydrogens is 716 g/mol. The molecule has 0 heterocycles. The van der Waals surface area contributed by atoms with Gasteiger partial charge in [0, 0.05) is 30.5 Å². The van der Waals surface area contributed by atoms with Crippen LogP contribution in [0.3, 0.4) is 0 Å². The Morgan fingerprint density at radius 2 is 1.12 bits per heavy atom. The van der Waals surface area contributed by atoms with Crippen molar-refractivity contribution in [3.8, 4) is 17.2 Å². The summed E-state index contributed by atoms with van der Waals surface area (Å²) in [5.41, 5.74) is 3.20. The van der Waals surface area contributed by atoms with Crippen molar-refractivity contribution in [1.29, 1.82) is 0 Å². The van der Waals surface area contributed by atoms with Crippen LogP contribution in [0.5, 0.6) is 17.2 Å². The summed E-state index contributed by atoms with van der Waals surface area (Å²) in [5, 5.41) is 24.5. The Morgan fingerprint density at radius 1 is 0.614 bits per heavy atom. The summed E-state index contributed by atoms with van der Waals surface area (Å²) in [5.74, 6) is 2.08. The van der Waals surface area contributed by atoms with E-state index in [-0.39, 0.29) is 17.7 Å². The third-order valence-corrected chi connectivity index (χ3v) is 11.5. The summed E-state index contributed by atoms with van der Waals surface area (Å²) in [6.45, 7) is 1.55. The van der Waals surface area contributed by atoms with E-state index in [4.69, 9.17) is 14.2 Å². The molecule has 4 aromatic carbocycles. The smallest absolute Gasteiger partial charge is 0.125 e. The van der Waals surface area contributed by atoms with Gasteiger partial charge in [0.15, 0.2) is 0 Å². The number of rotatable bonds is 11. The minimum Gasteiger partial charge on any atom is -0.497 e. The molecule has 4 aromatic rings. The molecule has 8 heteroatoms. The van der Waals surface area contributed by atoms with Crippen molar-refractivity contribution in [1.82, 2.24) is 9.80 Å². The van der Waals surface area contributed by atoms with Gasteiger partial charge in [-0.15, -0.1) is 0 Å². The molecule has 0 saturated heterocycles. The lowest BCUT2D eigenvalue weighted by atomic mass is 9.73. The maximum atomic E-state index is 14.1.